The van der Waals surface area contributed by atoms with E-state index in [4.69, 9.17) is 4.42 Å². The molecule has 0 aliphatic rings. The first-order chi connectivity index (χ1) is 8.34. The molecule has 81 valence electrons. The van der Waals surface area contributed by atoms with E-state index in [0.717, 1.165) is 5.56 Å². The molecule has 0 spiro atoms. The maximum atomic E-state index is 11.8. The third-order valence-corrected chi connectivity index (χ3v) is 2.50. The molecule has 0 fully saturated rings. The van der Waals surface area contributed by atoms with Gasteiger partial charge in [-0.15, -0.1) is 0 Å². The van der Waals surface area contributed by atoms with Crippen molar-refractivity contribution in [1.29, 1.82) is 0 Å². The van der Waals surface area contributed by atoms with Crippen molar-refractivity contribution >= 4 is 10.9 Å². The zero-order valence-corrected chi connectivity index (χ0v) is 8.88. The normalized spacial score (nSPS) is 10.6. The van der Waals surface area contributed by atoms with Gasteiger partial charge in [-0.05, 0) is 30.3 Å². The van der Waals surface area contributed by atoms with Gasteiger partial charge in [-0.1, -0.05) is 24.3 Å². The van der Waals surface area contributed by atoms with Gasteiger partial charge in [0.15, 0.2) is 0 Å². The maximum Gasteiger partial charge on any atom is 0.347 e. The largest absolute Gasteiger partial charge is 0.403 e. The molecule has 3 rings (SSSR count). The highest BCUT2D eigenvalue weighted by molar-refractivity contribution is 5.78. The quantitative estimate of drug-likeness (QED) is 0.635. The predicted octanol–water partition coefficient (Wildman–Crippen LogP) is 2.66. The Kier molecular flexibility index (Phi) is 2.22. The lowest BCUT2D eigenvalue weighted by Crippen LogP contribution is -2.02. The number of hydrogen-bond donors (Lipinski definition) is 0. The molecule has 0 amide bonds. The Morgan fingerprint density at radius 1 is 1.06 bits per heavy atom. The van der Waals surface area contributed by atoms with Crippen molar-refractivity contribution in [2.75, 3.05) is 0 Å². The minimum atomic E-state index is -0.363. The molecule has 1 radical (unpaired) electrons. The van der Waals surface area contributed by atoms with E-state index in [0.29, 0.717) is 16.8 Å². The average Bonchev–Trinajstić information content (AvgIpc) is 2.40. The topological polar surface area (TPSA) is 43.1 Å². The monoisotopic (exact) mass is 222 g/mol. The van der Waals surface area contributed by atoms with Crippen LogP contribution in [0.4, 0.5) is 0 Å². The van der Waals surface area contributed by atoms with Crippen LogP contribution in [0.5, 0.6) is 0 Å². The fraction of sp³-hybridized carbons (Fsp3) is 0. The van der Waals surface area contributed by atoms with Crippen LogP contribution in [0.3, 0.4) is 0 Å². The van der Waals surface area contributed by atoms with Gasteiger partial charge in [-0.3, -0.25) is 0 Å². The van der Waals surface area contributed by atoms with Gasteiger partial charge in [0.1, 0.15) is 0 Å². The lowest BCUT2D eigenvalue weighted by molar-refractivity contribution is 0.518. The molecule has 1 heterocycles. The molecule has 0 saturated carbocycles. The molecule has 3 nitrogen and oxygen atoms in total. The third-order valence-electron chi connectivity index (χ3n) is 2.50. The number of fused-ring (bicyclic) bond motifs is 1. The molecule has 0 saturated heterocycles. The highest BCUT2D eigenvalue weighted by atomic mass is 16.4. The summed E-state index contributed by atoms with van der Waals surface area (Å²) in [4.78, 5) is 16.1. The molecule has 17 heavy (non-hydrogen) atoms. The summed E-state index contributed by atoms with van der Waals surface area (Å²) >= 11 is 0. The summed E-state index contributed by atoms with van der Waals surface area (Å²) < 4.78 is 5.20. The summed E-state index contributed by atoms with van der Waals surface area (Å²) in [5.74, 6) is 0.336. The van der Waals surface area contributed by atoms with Crippen LogP contribution in [-0.4, -0.2) is 4.98 Å². The van der Waals surface area contributed by atoms with E-state index in [1.807, 2.05) is 6.07 Å². The van der Waals surface area contributed by atoms with E-state index in [9.17, 15) is 4.79 Å². The molecule has 2 aromatic carbocycles. The van der Waals surface area contributed by atoms with Crippen molar-refractivity contribution in [2.45, 2.75) is 0 Å². The Morgan fingerprint density at radius 3 is 2.65 bits per heavy atom. The second kappa shape index (κ2) is 3.87. The number of nitrogens with zero attached hydrogens (tertiary/aromatic N) is 1. The van der Waals surface area contributed by atoms with Crippen molar-refractivity contribution < 1.29 is 4.42 Å². The van der Waals surface area contributed by atoms with E-state index in [2.05, 4.69) is 11.1 Å². The molecular formula is C14H8NO2. The second-order valence-corrected chi connectivity index (χ2v) is 3.61. The van der Waals surface area contributed by atoms with E-state index in [1.165, 1.54) is 0 Å². The fourth-order valence-electron chi connectivity index (χ4n) is 1.67. The first kappa shape index (κ1) is 9.78. The lowest BCUT2D eigenvalue weighted by Gasteiger charge is -2.00. The number of rotatable bonds is 1. The van der Waals surface area contributed by atoms with E-state index >= 15 is 0 Å². The highest BCUT2D eigenvalue weighted by Crippen LogP contribution is 2.17. The summed E-state index contributed by atoms with van der Waals surface area (Å²) in [5, 5.41) is 0.499. The van der Waals surface area contributed by atoms with Gasteiger partial charge in [-0.2, -0.15) is 0 Å². The van der Waals surface area contributed by atoms with Gasteiger partial charge in [0.05, 0.1) is 10.9 Å². The predicted molar refractivity (Wildman–Crippen MR) is 64.6 cm³/mol. The highest BCUT2D eigenvalue weighted by Gasteiger charge is 2.06. The zero-order valence-electron chi connectivity index (χ0n) is 8.88. The summed E-state index contributed by atoms with van der Waals surface area (Å²) in [6.07, 6.45) is 0. The fourth-order valence-corrected chi connectivity index (χ4v) is 1.67. The van der Waals surface area contributed by atoms with E-state index < -0.39 is 0 Å². The van der Waals surface area contributed by atoms with Crippen LogP contribution in [0.1, 0.15) is 0 Å². The molecule has 1 aromatic heterocycles. The molecule has 0 N–H and O–H groups in total. The first-order valence-corrected chi connectivity index (χ1v) is 5.21. The number of benzene rings is 2. The SMILES string of the molecule is O=c1oc(-c2cc[c]cc2)nc2ccccc12. The van der Waals surface area contributed by atoms with E-state index in [-0.39, 0.29) is 5.63 Å². The number of para-hydroxylation sites is 1. The molecule has 3 aromatic rings. The van der Waals surface area contributed by atoms with Crippen molar-refractivity contribution in [3.8, 4) is 11.5 Å². The van der Waals surface area contributed by atoms with Gasteiger partial charge < -0.3 is 4.42 Å². The van der Waals surface area contributed by atoms with Crippen LogP contribution in [0, 0.1) is 6.07 Å². The minimum absolute atomic E-state index is 0.336. The second-order valence-electron chi connectivity index (χ2n) is 3.61. The molecular weight excluding hydrogens is 214 g/mol. The third kappa shape index (κ3) is 1.72. The minimum Gasteiger partial charge on any atom is -0.403 e. The van der Waals surface area contributed by atoms with Crippen LogP contribution in [0.25, 0.3) is 22.4 Å². The summed E-state index contributed by atoms with van der Waals surface area (Å²) in [5.41, 5.74) is 1.05. The first-order valence-electron chi connectivity index (χ1n) is 5.21. The Morgan fingerprint density at radius 2 is 1.82 bits per heavy atom. The molecule has 0 aliphatic heterocycles. The Bertz CT molecular complexity index is 717. The molecule has 0 aliphatic carbocycles. The Labute approximate surface area is 97.4 Å². The van der Waals surface area contributed by atoms with E-state index in [1.54, 1.807) is 42.5 Å². The molecule has 0 bridgehead atoms. The number of hydrogen-bond acceptors (Lipinski definition) is 3. The average molecular weight is 222 g/mol. The van der Waals surface area contributed by atoms with Crippen LogP contribution < -0.4 is 5.63 Å². The van der Waals surface area contributed by atoms with Crippen LogP contribution in [-0.2, 0) is 0 Å². The van der Waals surface area contributed by atoms with Crippen molar-refractivity contribution in [2.24, 2.45) is 0 Å². The zero-order chi connectivity index (χ0) is 11.7. The maximum absolute atomic E-state index is 11.8. The number of aromatic nitrogens is 1. The summed E-state index contributed by atoms with van der Waals surface area (Å²) in [6, 6.07) is 17.2. The molecule has 3 heteroatoms. The van der Waals surface area contributed by atoms with Gasteiger partial charge in [0.2, 0.25) is 5.89 Å². The summed E-state index contributed by atoms with van der Waals surface area (Å²) in [7, 11) is 0. The van der Waals surface area contributed by atoms with Crippen LogP contribution in [0.2, 0.25) is 0 Å². The van der Waals surface area contributed by atoms with Crippen LogP contribution >= 0.6 is 0 Å². The van der Waals surface area contributed by atoms with Gasteiger partial charge >= 0.3 is 5.63 Å². The van der Waals surface area contributed by atoms with Gasteiger partial charge in [0.25, 0.3) is 0 Å². The van der Waals surface area contributed by atoms with Crippen molar-refractivity contribution in [3.05, 3.63) is 65.0 Å². The molecule has 0 unspecified atom stereocenters. The van der Waals surface area contributed by atoms with Gasteiger partial charge in [0, 0.05) is 5.56 Å². The Balaban J connectivity index is 2.30. The van der Waals surface area contributed by atoms with Crippen LogP contribution in [0.15, 0.2) is 57.7 Å². The van der Waals surface area contributed by atoms with Crippen molar-refractivity contribution in [3.63, 3.8) is 0 Å². The standard InChI is InChI=1S/C14H8NO2/c16-14-11-8-4-5-9-12(11)15-13(17-14)10-6-2-1-3-7-10/h2-9H. The Hall–Kier alpha value is -2.42. The smallest absolute Gasteiger partial charge is 0.347 e. The van der Waals surface area contributed by atoms with Gasteiger partial charge in [-0.25, -0.2) is 9.78 Å². The summed E-state index contributed by atoms with van der Waals surface area (Å²) in [6.45, 7) is 0. The van der Waals surface area contributed by atoms with Crippen molar-refractivity contribution in [1.82, 2.24) is 4.98 Å². The lowest BCUT2D eigenvalue weighted by atomic mass is 10.2. The molecule has 0 atom stereocenters.